The lowest BCUT2D eigenvalue weighted by molar-refractivity contribution is 0.372. The third kappa shape index (κ3) is 4.00. The fraction of sp³-hybridized carbons (Fsp3) is 0.474. The second-order valence-corrected chi connectivity index (χ2v) is 6.91. The Bertz CT molecular complexity index is 749. The van der Waals surface area contributed by atoms with Gasteiger partial charge in [-0.25, -0.2) is 4.39 Å². The van der Waals surface area contributed by atoms with Gasteiger partial charge in [0.2, 0.25) is 0 Å². The average molecular weight is 344 g/mol. The number of benzene rings is 1. The molecule has 0 amide bonds. The van der Waals surface area contributed by atoms with Gasteiger partial charge in [-0.05, 0) is 30.4 Å². The molecule has 1 aromatic heterocycles. The maximum atomic E-state index is 14.1. The Morgan fingerprint density at radius 2 is 2.08 bits per heavy atom. The largest absolute Gasteiger partial charge is 0.359 e. The van der Waals surface area contributed by atoms with E-state index in [9.17, 15) is 4.39 Å². The van der Waals surface area contributed by atoms with Crippen LogP contribution in [0.5, 0.6) is 0 Å². The minimum atomic E-state index is -0.132. The first-order valence-electron chi connectivity index (χ1n) is 8.69. The predicted octanol–water partition coefficient (Wildman–Crippen LogP) is 3.33. The summed E-state index contributed by atoms with van der Waals surface area (Å²) < 4.78 is 19.4. The zero-order valence-corrected chi connectivity index (χ0v) is 15.0. The van der Waals surface area contributed by atoms with Crippen LogP contribution in [0.4, 0.5) is 4.39 Å². The normalized spacial score (nSPS) is 16.1. The van der Waals surface area contributed by atoms with Crippen molar-refractivity contribution in [2.24, 2.45) is 4.99 Å². The quantitative estimate of drug-likeness (QED) is 0.623. The Balaban J connectivity index is 1.55. The van der Waals surface area contributed by atoms with Gasteiger partial charge in [0, 0.05) is 25.1 Å². The zero-order valence-electron chi connectivity index (χ0n) is 15.0. The molecule has 0 spiro atoms. The summed E-state index contributed by atoms with van der Waals surface area (Å²) in [5, 5.41) is 10.6. The second kappa shape index (κ2) is 7.25. The van der Waals surface area contributed by atoms with Gasteiger partial charge in [0.15, 0.2) is 11.7 Å². The number of nitrogens with zero attached hydrogens (tertiary/aromatic N) is 2. The fourth-order valence-electron chi connectivity index (χ4n) is 2.91. The molecule has 1 heterocycles. The smallest absolute Gasteiger partial charge is 0.191 e. The second-order valence-electron chi connectivity index (χ2n) is 6.91. The van der Waals surface area contributed by atoms with Gasteiger partial charge >= 0.3 is 0 Å². The Morgan fingerprint density at radius 3 is 2.68 bits per heavy atom. The molecule has 0 aliphatic heterocycles. The Labute approximate surface area is 147 Å². The molecule has 1 aliphatic rings. The first-order valence-corrected chi connectivity index (χ1v) is 8.69. The number of hydrogen-bond donors (Lipinski definition) is 2. The molecule has 6 heteroatoms. The van der Waals surface area contributed by atoms with Crippen LogP contribution in [0.3, 0.4) is 0 Å². The van der Waals surface area contributed by atoms with Gasteiger partial charge in [-0.3, -0.25) is 4.99 Å². The standard InChI is InChI=1S/C19H25FN4O/c1-13(2)17-10-14(25-24-17)11-22-18(21-3)23-12-19(8-9-19)15-6-4-5-7-16(15)20/h4-7,10,13H,8-9,11-12H2,1-3H3,(H2,21,22,23). The van der Waals surface area contributed by atoms with Crippen molar-refractivity contribution in [1.82, 2.24) is 15.8 Å². The third-order valence-electron chi connectivity index (χ3n) is 4.72. The van der Waals surface area contributed by atoms with Crippen LogP contribution < -0.4 is 10.6 Å². The highest BCUT2D eigenvalue weighted by molar-refractivity contribution is 5.79. The molecule has 0 unspecified atom stereocenters. The first kappa shape index (κ1) is 17.5. The summed E-state index contributed by atoms with van der Waals surface area (Å²) in [4.78, 5) is 4.23. The number of halogens is 1. The molecule has 5 nitrogen and oxygen atoms in total. The fourth-order valence-corrected chi connectivity index (χ4v) is 2.91. The molecule has 3 rings (SSSR count). The van der Waals surface area contributed by atoms with E-state index in [1.165, 1.54) is 6.07 Å². The lowest BCUT2D eigenvalue weighted by Crippen LogP contribution is -2.41. The predicted molar refractivity (Wildman–Crippen MR) is 96.1 cm³/mol. The number of aliphatic imine (C=N–C) groups is 1. The van der Waals surface area contributed by atoms with Crippen molar-refractivity contribution in [1.29, 1.82) is 0 Å². The van der Waals surface area contributed by atoms with E-state index in [2.05, 4.69) is 34.6 Å². The molecule has 0 atom stereocenters. The Morgan fingerprint density at radius 1 is 1.32 bits per heavy atom. The molecule has 25 heavy (non-hydrogen) atoms. The van der Waals surface area contributed by atoms with Crippen LogP contribution in [-0.2, 0) is 12.0 Å². The SMILES string of the molecule is CN=C(NCc1cc(C(C)C)no1)NCC1(c2ccccc2F)CC1. The van der Waals surface area contributed by atoms with E-state index in [0.29, 0.717) is 25.0 Å². The lowest BCUT2D eigenvalue weighted by atomic mass is 9.95. The third-order valence-corrected chi connectivity index (χ3v) is 4.72. The van der Waals surface area contributed by atoms with Crippen molar-refractivity contribution in [3.05, 3.63) is 53.2 Å². The van der Waals surface area contributed by atoms with E-state index in [4.69, 9.17) is 4.52 Å². The molecular formula is C19H25FN4O. The molecule has 134 valence electrons. The molecule has 1 fully saturated rings. The molecular weight excluding hydrogens is 319 g/mol. The van der Waals surface area contributed by atoms with E-state index in [0.717, 1.165) is 29.9 Å². The van der Waals surface area contributed by atoms with Gasteiger partial charge < -0.3 is 15.2 Å². The first-order chi connectivity index (χ1) is 12.0. The molecule has 1 aromatic carbocycles. The number of nitrogens with one attached hydrogen (secondary N) is 2. The Hall–Kier alpha value is -2.37. The van der Waals surface area contributed by atoms with E-state index in [1.807, 2.05) is 18.2 Å². The monoisotopic (exact) mass is 344 g/mol. The van der Waals surface area contributed by atoms with Gasteiger partial charge in [-0.2, -0.15) is 0 Å². The molecule has 1 saturated carbocycles. The summed E-state index contributed by atoms with van der Waals surface area (Å²) in [7, 11) is 1.72. The van der Waals surface area contributed by atoms with E-state index < -0.39 is 0 Å². The Kier molecular flexibility index (Phi) is 5.06. The molecule has 0 radical (unpaired) electrons. The van der Waals surface area contributed by atoms with Crippen molar-refractivity contribution in [2.75, 3.05) is 13.6 Å². The minimum Gasteiger partial charge on any atom is -0.359 e. The molecule has 2 aromatic rings. The van der Waals surface area contributed by atoms with Crippen LogP contribution in [0.15, 0.2) is 39.8 Å². The van der Waals surface area contributed by atoms with Crippen molar-refractivity contribution < 1.29 is 8.91 Å². The molecule has 2 N–H and O–H groups in total. The maximum absolute atomic E-state index is 14.1. The molecule has 0 saturated heterocycles. The van der Waals surface area contributed by atoms with Crippen LogP contribution >= 0.6 is 0 Å². The molecule has 0 bridgehead atoms. The van der Waals surface area contributed by atoms with Crippen LogP contribution in [-0.4, -0.2) is 24.7 Å². The van der Waals surface area contributed by atoms with Crippen LogP contribution in [0.25, 0.3) is 0 Å². The van der Waals surface area contributed by atoms with E-state index in [-0.39, 0.29) is 11.2 Å². The van der Waals surface area contributed by atoms with Crippen molar-refractivity contribution in [2.45, 2.75) is 44.6 Å². The van der Waals surface area contributed by atoms with Crippen LogP contribution in [0.2, 0.25) is 0 Å². The topological polar surface area (TPSA) is 62.5 Å². The van der Waals surface area contributed by atoms with E-state index >= 15 is 0 Å². The van der Waals surface area contributed by atoms with Crippen LogP contribution in [0.1, 0.15) is 49.6 Å². The van der Waals surface area contributed by atoms with Gasteiger partial charge in [0.25, 0.3) is 0 Å². The van der Waals surface area contributed by atoms with Gasteiger partial charge in [0.1, 0.15) is 5.82 Å². The zero-order chi connectivity index (χ0) is 17.9. The van der Waals surface area contributed by atoms with Crippen LogP contribution in [0, 0.1) is 5.82 Å². The summed E-state index contributed by atoms with van der Waals surface area (Å²) in [6.45, 7) is 5.31. The number of rotatable bonds is 6. The maximum Gasteiger partial charge on any atom is 0.191 e. The summed E-state index contributed by atoms with van der Waals surface area (Å²) in [5.41, 5.74) is 1.60. The van der Waals surface area contributed by atoms with Crippen molar-refractivity contribution in [3.63, 3.8) is 0 Å². The number of hydrogen-bond acceptors (Lipinski definition) is 3. The van der Waals surface area contributed by atoms with Gasteiger partial charge in [-0.1, -0.05) is 37.2 Å². The average Bonchev–Trinajstić information content (AvgIpc) is 3.23. The highest BCUT2D eigenvalue weighted by Gasteiger charge is 2.45. The summed E-state index contributed by atoms with van der Waals surface area (Å²) in [6, 6.07) is 8.97. The summed E-state index contributed by atoms with van der Waals surface area (Å²) in [6.07, 6.45) is 1.97. The van der Waals surface area contributed by atoms with Gasteiger partial charge in [0.05, 0.1) is 12.2 Å². The highest BCUT2D eigenvalue weighted by atomic mass is 19.1. The van der Waals surface area contributed by atoms with Gasteiger partial charge in [-0.15, -0.1) is 0 Å². The van der Waals surface area contributed by atoms with Crippen molar-refractivity contribution in [3.8, 4) is 0 Å². The summed E-state index contributed by atoms with van der Waals surface area (Å²) >= 11 is 0. The van der Waals surface area contributed by atoms with E-state index in [1.54, 1.807) is 13.1 Å². The lowest BCUT2D eigenvalue weighted by Gasteiger charge is -2.19. The summed E-state index contributed by atoms with van der Waals surface area (Å²) in [5.74, 6) is 1.64. The molecule has 1 aliphatic carbocycles. The van der Waals surface area contributed by atoms with Crippen molar-refractivity contribution >= 4 is 5.96 Å². The highest BCUT2D eigenvalue weighted by Crippen LogP contribution is 2.48. The number of guanidine groups is 1. The minimum absolute atomic E-state index is 0.125. The number of aromatic nitrogens is 1.